The van der Waals surface area contributed by atoms with Gasteiger partial charge < -0.3 is 30.1 Å². The van der Waals surface area contributed by atoms with Crippen LogP contribution in [0.2, 0.25) is 0 Å². The predicted molar refractivity (Wildman–Crippen MR) is 157 cm³/mol. The summed E-state index contributed by atoms with van der Waals surface area (Å²) >= 11 is 5.38. The van der Waals surface area contributed by atoms with Gasteiger partial charge in [0.15, 0.2) is 5.11 Å². The fourth-order valence-electron chi connectivity index (χ4n) is 3.54. The zero-order valence-corrected chi connectivity index (χ0v) is 23.2. The van der Waals surface area contributed by atoms with Crippen molar-refractivity contribution in [3.8, 4) is 11.8 Å². The third-order valence-corrected chi connectivity index (χ3v) is 5.63. The molecule has 3 rings (SSSR count). The lowest BCUT2D eigenvalue weighted by atomic mass is 10.1. The van der Waals surface area contributed by atoms with Gasteiger partial charge in [-0.1, -0.05) is 30.3 Å². The molecule has 0 saturated carbocycles. The number of hydrogen-bond acceptors (Lipinski definition) is 6. The van der Waals surface area contributed by atoms with Crippen molar-refractivity contribution in [2.24, 2.45) is 0 Å². The molecule has 0 bridgehead atoms. The van der Waals surface area contributed by atoms with E-state index in [1.54, 1.807) is 24.3 Å². The molecule has 3 N–H and O–H groups in total. The van der Waals surface area contributed by atoms with Crippen LogP contribution in [-0.2, 0) is 11.2 Å². The maximum absolute atomic E-state index is 12.9. The van der Waals surface area contributed by atoms with Crippen molar-refractivity contribution in [1.29, 1.82) is 5.26 Å². The SMILES string of the molecule is CC(C)(C)OC(=O)N(CCc1ccc(NC(=S)Nc2ccc(C#N)cc2)cc1)C[C@H](O)COc1ccccc1. The number of carbonyl (C=O) groups is 1. The number of para-hydroxylation sites is 1. The lowest BCUT2D eigenvalue weighted by Crippen LogP contribution is -2.43. The molecular formula is C30H34N4O4S. The molecule has 3 aromatic carbocycles. The standard InChI is InChI=1S/C30H34N4O4S/c1-30(2,3)38-29(36)34(20-26(35)21-37-27-7-5-4-6-8-27)18-17-22-9-13-24(14-10-22)32-28(39)33-25-15-11-23(19-31)12-16-25/h4-16,26,35H,17-18,20-21H2,1-3H3,(H2,32,33,39)/t26-/m0/s1. The van der Waals surface area contributed by atoms with Crippen molar-refractivity contribution in [3.63, 3.8) is 0 Å². The number of anilines is 2. The highest BCUT2D eigenvalue weighted by atomic mass is 32.1. The molecule has 0 aliphatic carbocycles. The Hall–Kier alpha value is -4.13. The number of benzene rings is 3. The number of rotatable bonds is 10. The number of nitriles is 1. The number of amides is 1. The maximum Gasteiger partial charge on any atom is 0.410 e. The van der Waals surface area contributed by atoms with Crippen LogP contribution in [-0.4, -0.2) is 52.6 Å². The molecule has 1 amide bonds. The first-order valence-electron chi connectivity index (χ1n) is 12.6. The van der Waals surface area contributed by atoms with E-state index < -0.39 is 17.8 Å². The minimum absolute atomic E-state index is 0.0556. The number of ether oxygens (including phenoxy) is 2. The van der Waals surface area contributed by atoms with Crippen LogP contribution < -0.4 is 15.4 Å². The highest BCUT2D eigenvalue weighted by Crippen LogP contribution is 2.15. The molecule has 8 nitrogen and oxygen atoms in total. The predicted octanol–water partition coefficient (Wildman–Crippen LogP) is 5.59. The van der Waals surface area contributed by atoms with Gasteiger partial charge in [0.05, 0.1) is 18.2 Å². The van der Waals surface area contributed by atoms with Gasteiger partial charge in [0.2, 0.25) is 0 Å². The topological polar surface area (TPSA) is 107 Å². The second-order valence-corrected chi connectivity index (χ2v) is 10.3. The first kappa shape index (κ1) is 29.4. The van der Waals surface area contributed by atoms with Crippen LogP contribution in [0.3, 0.4) is 0 Å². The molecule has 0 radical (unpaired) electrons. The Morgan fingerprint density at radius 1 is 1.00 bits per heavy atom. The molecule has 0 unspecified atom stereocenters. The highest BCUT2D eigenvalue weighted by Gasteiger charge is 2.24. The number of nitrogens with zero attached hydrogens (tertiary/aromatic N) is 2. The van der Waals surface area contributed by atoms with Gasteiger partial charge in [0.25, 0.3) is 0 Å². The monoisotopic (exact) mass is 546 g/mol. The van der Waals surface area contributed by atoms with Crippen LogP contribution in [0.5, 0.6) is 5.75 Å². The molecule has 0 saturated heterocycles. The smallest absolute Gasteiger partial charge is 0.410 e. The average molecular weight is 547 g/mol. The van der Waals surface area contributed by atoms with E-state index in [1.807, 2.05) is 75.4 Å². The van der Waals surface area contributed by atoms with E-state index in [1.165, 1.54) is 4.90 Å². The molecule has 39 heavy (non-hydrogen) atoms. The summed E-state index contributed by atoms with van der Waals surface area (Å²) in [6.07, 6.45) is -0.799. The second kappa shape index (κ2) is 14.1. The third-order valence-electron chi connectivity index (χ3n) is 5.42. The molecule has 0 aromatic heterocycles. The Labute approximate surface area is 235 Å². The molecule has 204 valence electrons. The normalized spacial score (nSPS) is 11.6. The first-order valence-corrected chi connectivity index (χ1v) is 13.0. The van der Waals surface area contributed by atoms with Crippen LogP contribution in [0.4, 0.5) is 16.2 Å². The molecule has 0 heterocycles. The van der Waals surface area contributed by atoms with Crippen molar-refractivity contribution < 1.29 is 19.4 Å². The number of thiocarbonyl (C=S) groups is 1. The summed E-state index contributed by atoms with van der Waals surface area (Å²) in [6.45, 7) is 5.93. The quantitative estimate of drug-likeness (QED) is 0.283. The Morgan fingerprint density at radius 2 is 1.59 bits per heavy atom. The van der Waals surface area contributed by atoms with Crippen molar-refractivity contribution in [2.75, 3.05) is 30.3 Å². The lowest BCUT2D eigenvalue weighted by Gasteiger charge is -2.29. The van der Waals surface area contributed by atoms with Crippen molar-refractivity contribution in [3.05, 3.63) is 90.0 Å². The van der Waals surface area contributed by atoms with E-state index >= 15 is 0 Å². The fourth-order valence-corrected chi connectivity index (χ4v) is 3.78. The van der Waals surface area contributed by atoms with Gasteiger partial charge in [-0.15, -0.1) is 0 Å². The minimum atomic E-state index is -0.881. The molecule has 3 aromatic rings. The third kappa shape index (κ3) is 10.6. The highest BCUT2D eigenvalue weighted by molar-refractivity contribution is 7.80. The van der Waals surface area contributed by atoms with E-state index in [-0.39, 0.29) is 13.2 Å². The number of hydrogen-bond donors (Lipinski definition) is 3. The van der Waals surface area contributed by atoms with Gasteiger partial charge in [-0.3, -0.25) is 0 Å². The van der Waals surface area contributed by atoms with E-state index in [4.69, 9.17) is 27.0 Å². The molecular weight excluding hydrogens is 512 g/mol. The first-order chi connectivity index (χ1) is 18.6. The summed E-state index contributed by atoms with van der Waals surface area (Å²) in [5.41, 5.74) is 2.52. The Morgan fingerprint density at radius 3 is 2.15 bits per heavy atom. The largest absolute Gasteiger partial charge is 0.491 e. The summed E-state index contributed by atoms with van der Waals surface area (Å²) < 4.78 is 11.2. The maximum atomic E-state index is 12.9. The molecule has 0 fully saturated rings. The van der Waals surface area contributed by atoms with E-state index in [0.717, 1.165) is 16.9 Å². The zero-order chi connectivity index (χ0) is 28.3. The molecule has 0 aliphatic heterocycles. The van der Waals surface area contributed by atoms with Gasteiger partial charge in [0, 0.05) is 17.9 Å². The summed E-state index contributed by atoms with van der Waals surface area (Å²) in [4.78, 5) is 14.4. The van der Waals surface area contributed by atoms with Crippen LogP contribution in [0.15, 0.2) is 78.9 Å². The Kier molecular flexibility index (Phi) is 10.7. The Bertz CT molecular complexity index is 1250. The van der Waals surface area contributed by atoms with Gasteiger partial charge >= 0.3 is 6.09 Å². The number of aliphatic hydroxyl groups is 1. The fraction of sp³-hybridized carbons (Fsp3) is 0.300. The summed E-state index contributed by atoms with van der Waals surface area (Å²) in [6, 6.07) is 26.0. The van der Waals surface area contributed by atoms with Gasteiger partial charge in [0.1, 0.15) is 24.1 Å². The van der Waals surface area contributed by atoms with Crippen LogP contribution >= 0.6 is 12.2 Å². The second-order valence-electron chi connectivity index (χ2n) is 9.92. The summed E-state index contributed by atoms with van der Waals surface area (Å²) in [5, 5.41) is 26.1. The van der Waals surface area contributed by atoms with E-state index in [2.05, 4.69) is 16.7 Å². The lowest BCUT2D eigenvalue weighted by molar-refractivity contribution is 0.00945. The van der Waals surface area contributed by atoms with E-state index in [9.17, 15) is 9.90 Å². The van der Waals surface area contributed by atoms with Crippen molar-refractivity contribution >= 4 is 34.8 Å². The number of carbonyl (C=O) groups excluding carboxylic acids is 1. The molecule has 9 heteroatoms. The van der Waals surface area contributed by atoms with Crippen LogP contribution in [0, 0.1) is 11.3 Å². The molecule has 0 aliphatic rings. The Balaban J connectivity index is 1.54. The van der Waals surface area contributed by atoms with Gasteiger partial charge in [-0.05, 0) is 93.5 Å². The molecule has 1 atom stereocenters. The number of nitrogens with one attached hydrogen (secondary N) is 2. The van der Waals surface area contributed by atoms with E-state index in [0.29, 0.717) is 29.4 Å². The minimum Gasteiger partial charge on any atom is -0.491 e. The van der Waals surface area contributed by atoms with Crippen molar-refractivity contribution in [1.82, 2.24) is 4.90 Å². The van der Waals surface area contributed by atoms with Gasteiger partial charge in [-0.25, -0.2) is 4.79 Å². The molecule has 0 spiro atoms. The number of aliphatic hydroxyl groups excluding tert-OH is 1. The van der Waals surface area contributed by atoms with Gasteiger partial charge in [-0.2, -0.15) is 5.26 Å². The van der Waals surface area contributed by atoms with Crippen LogP contribution in [0.1, 0.15) is 31.9 Å². The van der Waals surface area contributed by atoms with Crippen LogP contribution in [0.25, 0.3) is 0 Å². The summed E-state index contributed by atoms with van der Waals surface area (Å²) in [7, 11) is 0. The van der Waals surface area contributed by atoms with Crippen molar-refractivity contribution in [2.45, 2.75) is 38.9 Å². The average Bonchev–Trinajstić information content (AvgIpc) is 2.90. The summed E-state index contributed by atoms with van der Waals surface area (Å²) in [5.74, 6) is 0.653. The zero-order valence-electron chi connectivity index (χ0n) is 22.4.